The van der Waals surface area contributed by atoms with Gasteiger partial charge in [-0.15, -0.1) is 0 Å². The molecule has 0 radical (unpaired) electrons. The second kappa shape index (κ2) is 9.77. The van der Waals surface area contributed by atoms with Gasteiger partial charge in [0.05, 0.1) is 12.8 Å². The van der Waals surface area contributed by atoms with Gasteiger partial charge in [-0.2, -0.15) is 0 Å². The summed E-state index contributed by atoms with van der Waals surface area (Å²) in [6.45, 7) is 4.59. The van der Waals surface area contributed by atoms with E-state index in [4.69, 9.17) is 9.15 Å². The van der Waals surface area contributed by atoms with Gasteiger partial charge in [0.2, 0.25) is 0 Å². The molecule has 1 amide bonds. The van der Waals surface area contributed by atoms with Crippen molar-refractivity contribution in [1.82, 2.24) is 9.88 Å². The molecular weight excluding hydrogens is 456 g/mol. The predicted octanol–water partition coefficient (Wildman–Crippen LogP) is 5.28. The van der Waals surface area contributed by atoms with E-state index in [2.05, 4.69) is 22.0 Å². The maximum atomic E-state index is 12.7. The molecule has 4 aromatic rings. The molecule has 2 N–H and O–H groups in total. The van der Waals surface area contributed by atoms with Crippen LogP contribution >= 0.6 is 0 Å². The van der Waals surface area contributed by atoms with E-state index in [1.807, 2.05) is 68.4 Å². The summed E-state index contributed by atoms with van der Waals surface area (Å²) in [5.41, 5.74) is 7.25. The van der Waals surface area contributed by atoms with Gasteiger partial charge in [0.15, 0.2) is 0 Å². The SMILES string of the molecule is Cc1cc(CC(NC(=O)OCC2c3ccccc3-c3ccccc32)C(=O)O)c(C)n1Cc1ccco1. The topological polar surface area (TPSA) is 93.7 Å². The molecule has 0 saturated heterocycles. The van der Waals surface area contributed by atoms with Gasteiger partial charge in [-0.1, -0.05) is 48.5 Å². The number of alkyl carbamates (subject to hydrolysis) is 1. The Balaban J connectivity index is 1.26. The van der Waals surface area contributed by atoms with Crippen LogP contribution < -0.4 is 5.32 Å². The van der Waals surface area contributed by atoms with Crippen LogP contribution in [0.1, 0.15) is 39.8 Å². The number of ether oxygens (including phenoxy) is 1. The minimum atomic E-state index is -1.11. The first-order valence-electron chi connectivity index (χ1n) is 11.9. The molecule has 1 unspecified atom stereocenters. The van der Waals surface area contributed by atoms with E-state index in [1.165, 1.54) is 0 Å². The second-order valence-corrected chi connectivity index (χ2v) is 9.13. The van der Waals surface area contributed by atoms with E-state index in [-0.39, 0.29) is 18.9 Å². The molecule has 1 aliphatic rings. The lowest BCUT2D eigenvalue weighted by Crippen LogP contribution is -2.43. The average molecular weight is 485 g/mol. The van der Waals surface area contributed by atoms with Crippen LogP contribution in [0.4, 0.5) is 4.79 Å². The van der Waals surface area contributed by atoms with Crippen LogP contribution in [0.15, 0.2) is 77.4 Å². The summed E-state index contributed by atoms with van der Waals surface area (Å²) < 4.78 is 13.1. The standard InChI is InChI=1S/C29H28N2O5/c1-18-14-20(19(2)31(18)16-21-8-7-13-35-21)15-27(28(32)33)30-29(34)36-17-26-24-11-5-3-9-22(24)23-10-4-6-12-25(23)26/h3-14,26-27H,15-17H2,1-2H3,(H,30,34)(H,32,33). The lowest BCUT2D eigenvalue weighted by atomic mass is 9.98. The first-order chi connectivity index (χ1) is 17.4. The molecule has 2 heterocycles. The molecule has 7 heteroatoms. The molecular formula is C29H28N2O5. The number of hydrogen-bond acceptors (Lipinski definition) is 4. The van der Waals surface area contributed by atoms with Gasteiger partial charge in [0, 0.05) is 23.7 Å². The number of nitrogens with zero attached hydrogens (tertiary/aromatic N) is 1. The number of rotatable bonds is 8. The van der Waals surface area contributed by atoms with Crippen molar-refractivity contribution < 1.29 is 23.8 Å². The van der Waals surface area contributed by atoms with E-state index in [0.29, 0.717) is 6.54 Å². The maximum Gasteiger partial charge on any atom is 0.407 e. The smallest absolute Gasteiger partial charge is 0.407 e. The molecule has 2 aromatic heterocycles. The number of hydrogen-bond donors (Lipinski definition) is 2. The molecule has 7 nitrogen and oxygen atoms in total. The van der Waals surface area contributed by atoms with Crippen LogP contribution in [0.2, 0.25) is 0 Å². The van der Waals surface area contributed by atoms with Crippen molar-refractivity contribution in [1.29, 1.82) is 0 Å². The number of aromatic nitrogens is 1. The number of aliphatic carboxylic acids is 1. The van der Waals surface area contributed by atoms with Crippen molar-refractivity contribution in [2.45, 2.75) is 38.8 Å². The number of carbonyl (C=O) groups is 2. The van der Waals surface area contributed by atoms with E-state index < -0.39 is 18.1 Å². The Kier molecular flexibility index (Phi) is 6.38. The summed E-state index contributed by atoms with van der Waals surface area (Å²) in [5, 5.41) is 12.4. The molecule has 36 heavy (non-hydrogen) atoms. The van der Waals surface area contributed by atoms with E-state index in [9.17, 15) is 14.7 Å². The molecule has 1 aliphatic carbocycles. The quantitative estimate of drug-likeness (QED) is 0.355. The monoisotopic (exact) mass is 484 g/mol. The summed E-state index contributed by atoms with van der Waals surface area (Å²) in [5.74, 6) is -0.388. The second-order valence-electron chi connectivity index (χ2n) is 9.13. The number of carbonyl (C=O) groups excluding carboxylic acids is 1. The van der Waals surface area contributed by atoms with Gasteiger partial charge >= 0.3 is 12.1 Å². The predicted molar refractivity (Wildman–Crippen MR) is 135 cm³/mol. The van der Waals surface area contributed by atoms with Crippen molar-refractivity contribution >= 4 is 12.1 Å². The molecule has 2 aromatic carbocycles. The number of carboxylic acid groups (broad SMARTS) is 1. The molecule has 184 valence electrons. The first-order valence-corrected chi connectivity index (χ1v) is 11.9. The third-order valence-electron chi connectivity index (χ3n) is 6.93. The van der Waals surface area contributed by atoms with Crippen LogP contribution in [-0.4, -0.2) is 34.4 Å². The maximum absolute atomic E-state index is 12.7. The minimum absolute atomic E-state index is 0.0908. The van der Waals surface area contributed by atoms with Crippen LogP contribution in [0, 0.1) is 13.8 Å². The minimum Gasteiger partial charge on any atom is -0.480 e. The zero-order chi connectivity index (χ0) is 25.2. The lowest BCUT2D eigenvalue weighted by Gasteiger charge is -2.17. The molecule has 0 bridgehead atoms. The Morgan fingerprint density at radius 1 is 1.03 bits per heavy atom. The van der Waals surface area contributed by atoms with Crippen LogP contribution in [0.25, 0.3) is 11.1 Å². The van der Waals surface area contributed by atoms with Gasteiger partial charge in [0.25, 0.3) is 0 Å². The average Bonchev–Trinajstić information content (AvgIpc) is 3.56. The van der Waals surface area contributed by atoms with Crippen molar-refractivity contribution in [2.75, 3.05) is 6.61 Å². The first kappa shape index (κ1) is 23.5. The van der Waals surface area contributed by atoms with Gasteiger partial charge in [-0.3, -0.25) is 0 Å². The Bertz CT molecular complexity index is 1360. The Hall–Kier alpha value is -4.26. The van der Waals surface area contributed by atoms with Crippen molar-refractivity contribution in [2.24, 2.45) is 0 Å². The highest BCUT2D eigenvalue weighted by Crippen LogP contribution is 2.44. The van der Waals surface area contributed by atoms with E-state index >= 15 is 0 Å². The van der Waals surface area contributed by atoms with Crippen molar-refractivity contribution in [3.8, 4) is 11.1 Å². The summed E-state index contributed by atoms with van der Waals surface area (Å²) in [7, 11) is 0. The van der Waals surface area contributed by atoms with Crippen LogP contribution in [-0.2, 0) is 22.5 Å². The summed E-state index contributed by atoms with van der Waals surface area (Å²) in [4.78, 5) is 24.7. The highest BCUT2D eigenvalue weighted by atomic mass is 16.5. The zero-order valence-corrected chi connectivity index (χ0v) is 20.2. The largest absolute Gasteiger partial charge is 0.480 e. The van der Waals surface area contributed by atoms with Crippen LogP contribution in [0.5, 0.6) is 0 Å². The summed E-state index contributed by atoms with van der Waals surface area (Å²) >= 11 is 0. The number of amides is 1. The fraction of sp³-hybridized carbons (Fsp3) is 0.241. The summed E-state index contributed by atoms with van der Waals surface area (Å²) in [6, 6.07) is 20.7. The molecule has 0 fully saturated rings. The fourth-order valence-electron chi connectivity index (χ4n) is 5.08. The number of nitrogens with one attached hydrogen (secondary N) is 1. The molecule has 0 spiro atoms. The highest BCUT2D eigenvalue weighted by Gasteiger charge is 2.30. The van der Waals surface area contributed by atoms with Gasteiger partial charge in [-0.05, 0) is 59.9 Å². The Labute approximate surface area is 209 Å². The summed E-state index contributed by atoms with van der Waals surface area (Å²) in [6.07, 6.45) is 1.04. The number of benzene rings is 2. The number of fused-ring (bicyclic) bond motifs is 3. The van der Waals surface area contributed by atoms with Crippen LogP contribution in [0.3, 0.4) is 0 Å². The number of furan rings is 1. The van der Waals surface area contributed by atoms with Crippen molar-refractivity contribution in [3.63, 3.8) is 0 Å². The molecule has 0 saturated carbocycles. The highest BCUT2D eigenvalue weighted by molar-refractivity contribution is 5.81. The van der Waals surface area contributed by atoms with Gasteiger partial charge in [-0.25, -0.2) is 9.59 Å². The van der Waals surface area contributed by atoms with E-state index in [0.717, 1.165) is 45.0 Å². The van der Waals surface area contributed by atoms with E-state index in [1.54, 1.807) is 6.26 Å². The zero-order valence-electron chi connectivity index (χ0n) is 20.2. The molecule has 1 atom stereocenters. The normalized spacial score (nSPS) is 13.2. The lowest BCUT2D eigenvalue weighted by molar-refractivity contribution is -0.139. The molecule has 5 rings (SSSR count). The van der Waals surface area contributed by atoms with Gasteiger partial charge < -0.3 is 24.1 Å². The Morgan fingerprint density at radius 2 is 1.69 bits per heavy atom. The van der Waals surface area contributed by atoms with Crippen molar-refractivity contribution in [3.05, 3.63) is 107 Å². The number of aryl methyl sites for hydroxylation is 1. The number of carboxylic acids is 1. The molecule has 0 aliphatic heterocycles. The third kappa shape index (κ3) is 4.52. The fourth-order valence-corrected chi connectivity index (χ4v) is 5.08. The third-order valence-corrected chi connectivity index (χ3v) is 6.93. The van der Waals surface area contributed by atoms with Gasteiger partial charge in [0.1, 0.15) is 18.4 Å². The Morgan fingerprint density at radius 3 is 2.31 bits per heavy atom.